The molecule has 0 spiro atoms. The second-order valence-corrected chi connectivity index (χ2v) is 19.8. The van der Waals surface area contributed by atoms with Crippen LogP contribution in [-0.2, 0) is 40.5 Å². The molecule has 7 aromatic rings. The summed E-state index contributed by atoms with van der Waals surface area (Å²) in [6.07, 6.45) is 0. The maximum absolute atomic E-state index is 13.0. The molecular weight excluding hydrogens is 1020 g/mol. The Morgan fingerprint density at radius 3 is 1.55 bits per heavy atom. The van der Waals surface area contributed by atoms with Crippen LogP contribution in [0, 0.1) is 10.1 Å². The minimum absolute atomic E-state index is 0.00508. The average molecular weight is 1050 g/mol. The predicted octanol–water partition coefficient (Wildman–Crippen LogP) is 9.24. The van der Waals surface area contributed by atoms with Crippen molar-refractivity contribution in [1.82, 2.24) is 0 Å². The lowest BCUT2D eigenvalue weighted by Crippen LogP contribution is -2.03. The Bertz CT molecular complexity index is 4020. The van der Waals surface area contributed by atoms with E-state index < -0.39 is 144 Å². The first-order chi connectivity index (χ1) is 33.1. The number of nitrogens with two attached hydrogens (primary N) is 1. The van der Waals surface area contributed by atoms with E-state index in [2.05, 4.69) is 40.9 Å². The molecule has 0 bridgehead atoms. The molecular formula is C39H26N10O18S4. The number of carboxylic acid groups (broad SMARTS) is 1. The third-order valence-electron chi connectivity index (χ3n) is 9.70. The maximum Gasteiger partial charge on any atom is 0.337 e. The topological polar surface area (TPSA) is 463 Å². The SMILES string of the molecule is Nc1c(N=Nc2ccc3c(O)c(N=Nc4ccc(N=Nc5ccc(S(=O)(=O)O)cc5)cc4)c(S(=O)(=O)O)cc3c2S(=O)(=O)O)cc(S(=O)(=O)O)c2ccc(N=Nc3cc([N+](=O)[O-])ccc3C(=O)O)c(O)c12. The molecule has 0 saturated heterocycles. The molecule has 0 fully saturated rings. The standard InChI is InChI=1S/C39H26N10O18S4/c40-34-30(17-31(69(59,60)61)25-12-13-27(37(51)33(25)34)44-46-29-15-21(49(54)55)7-10-24(29)39(52)53)47-45-28-14-11-23-26(38(28)71(65,66)67)16-32(70(62,63)64)35(36(23)50)48-43-19-3-1-18(2-4-19)41-42-20-5-8-22(9-6-20)68(56,57)58/h1-17,50-51H,40H2,(H,52,53)(H,56,57,58)(H,59,60,61)(H,62,63,64)(H,65,66,67). The summed E-state index contributed by atoms with van der Waals surface area (Å²) in [6, 6.07) is 17.5. The molecule has 0 aliphatic rings. The van der Waals surface area contributed by atoms with Gasteiger partial charge in [0.05, 0.1) is 43.5 Å². The second-order valence-electron chi connectivity index (χ2n) is 14.2. The van der Waals surface area contributed by atoms with Crippen LogP contribution in [0.1, 0.15) is 10.4 Å². The van der Waals surface area contributed by atoms with Gasteiger partial charge in [0.2, 0.25) is 0 Å². The molecule has 0 heterocycles. The highest BCUT2D eigenvalue weighted by atomic mass is 32.2. The van der Waals surface area contributed by atoms with Gasteiger partial charge in [0.1, 0.15) is 43.1 Å². The van der Waals surface area contributed by atoms with Crippen LogP contribution in [0.3, 0.4) is 0 Å². The Labute approximate surface area is 396 Å². The Morgan fingerprint density at radius 2 is 1.01 bits per heavy atom. The molecule has 7 rings (SSSR count). The van der Waals surface area contributed by atoms with Gasteiger partial charge in [-0.3, -0.25) is 28.3 Å². The van der Waals surface area contributed by atoms with E-state index in [1.165, 1.54) is 36.4 Å². The van der Waals surface area contributed by atoms with Gasteiger partial charge < -0.3 is 21.1 Å². The Kier molecular flexibility index (Phi) is 13.2. The zero-order valence-electron chi connectivity index (χ0n) is 34.7. The molecule has 0 unspecified atom stereocenters. The van der Waals surface area contributed by atoms with Gasteiger partial charge in [-0.25, -0.2) is 4.79 Å². The molecule has 364 valence electrons. The fourth-order valence-corrected chi connectivity index (χ4v) is 9.13. The number of hydrogen-bond acceptors (Lipinski definition) is 22. The molecule has 7 aromatic carbocycles. The number of anilines is 1. The van der Waals surface area contributed by atoms with E-state index >= 15 is 0 Å². The highest BCUT2D eigenvalue weighted by Crippen LogP contribution is 2.48. The number of aromatic carboxylic acids is 1. The summed E-state index contributed by atoms with van der Waals surface area (Å²) in [7, 11) is -20.6. The summed E-state index contributed by atoms with van der Waals surface area (Å²) < 4.78 is 139. The fourth-order valence-electron chi connectivity index (χ4n) is 6.47. The highest BCUT2D eigenvalue weighted by Gasteiger charge is 2.29. The molecule has 0 atom stereocenters. The largest absolute Gasteiger partial charge is 0.505 e. The number of fused-ring (bicyclic) bond motifs is 2. The Balaban J connectivity index is 1.28. The van der Waals surface area contributed by atoms with E-state index in [9.17, 15) is 77.6 Å². The number of nitrogens with zero attached hydrogens (tertiary/aromatic N) is 9. The zero-order chi connectivity index (χ0) is 52.0. The number of non-ortho nitro benzene ring substituents is 1. The van der Waals surface area contributed by atoms with Crippen molar-refractivity contribution in [3.63, 3.8) is 0 Å². The van der Waals surface area contributed by atoms with Crippen molar-refractivity contribution in [3.8, 4) is 11.5 Å². The first-order valence-corrected chi connectivity index (χ1v) is 24.6. The van der Waals surface area contributed by atoms with Crippen molar-refractivity contribution in [2.75, 3.05) is 5.73 Å². The third-order valence-corrected chi connectivity index (χ3v) is 13.3. The number of hydrogen-bond donors (Lipinski definition) is 8. The van der Waals surface area contributed by atoms with Gasteiger partial charge in [-0.1, -0.05) is 6.07 Å². The van der Waals surface area contributed by atoms with Crippen molar-refractivity contribution >= 4 is 125 Å². The summed E-state index contributed by atoms with van der Waals surface area (Å²) in [5.41, 5.74) is 1.42. The average Bonchev–Trinajstić information content (AvgIpc) is 3.28. The second kappa shape index (κ2) is 18.7. The van der Waals surface area contributed by atoms with Crippen molar-refractivity contribution in [2.24, 2.45) is 40.9 Å². The quantitative estimate of drug-likeness (QED) is 0.0165. The van der Waals surface area contributed by atoms with Gasteiger partial charge >= 0.3 is 5.97 Å². The van der Waals surface area contributed by atoms with Gasteiger partial charge in [0.15, 0.2) is 11.5 Å². The molecule has 0 saturated carbocycles. The van der Waals surface area contributed by atoms with Crippen molar-refractivity contribution in [2.45, 2.75) is 19.6 Å². The minimum atomic E-state index is -5.53. The first kappa shape index (κ1) is 50.3. The number of azo groups is 4. The number of aromatic hydroxyl groups is 2. The molecule has 9 N–H and O–H groups in total. The van der Waals surface area contributed by atoms with E-state index in [1.54, 1.807) is 0 Å². The van der Waals surface area contributed by atoms with Gasteiger partial charge in [0.25, 0.3) is 46.2 Å². The van der Waals surface area contributed by atoms with E-state index in [1.807, 2.05) is 0 Å². The number of phenolic OH excluding ortho intramolecular Hbond substituents is 2. The minimum Gasteiger partial charge on any atom is -0.505 e. The van der Waals surface area contributed by atoms with Gasteiger partial charge in [0, 0.05) is 28.3 Å². The van der Waals surface area contributed by atoms with Crippen LogP contribution in [0.5, 0.6) is 11.5 Å². The van der Waals surface area contributed by atoms with Crippen LogP contribution < -0.4 is 5.73 Å². The van der Waals surface area contributed by atoms with Crippen molar-refractivity contribution < 1.29 is 76.9 Å². The number of nitro groups is 1. The number of nitro benzene ring substituents is 1. The molecule has 0 aromatic heterocycles. The molecule has 0 aliphatic heterocycles. The number of carbonyl (C=O) groups is 1. The summed E-state index contributed by atoms with van der Waals surface area (Å²) in [5, 5.41) is 71.5. The molecule has 0 aliphatic carbocycles. The van der Waals surface area contributed by atoms with Crippen LogP contribution in [0.15, 0.2) is 164 Å². The van der Waals surface area contributed by atoms with Crippen LogP contribution in [0.4, 0.5) is 56.9 Å². The van der Waals surface area contributed by atoms with Gasteiger partial charge in [-0.15, -0.1) is 25.6 Å². The smallest absolute Gasteiger partial charge is 0.337 e. The monoisotopic (exact) mass is 1050 g/mol. The predicted molar refractivity (Wildman–Crippen MR) is 245 cm³/mol. The lowest BCUT2D eigenvalue weighted by atomic mass is 10.1. The first-order valence-electron chi connectivity index (χ1n) is 18.8. The van der Waals surface area contributed by atoms with E-state index in [0.29, 0.717) is 12.1 Å². The lowest BCUT2D eigenvalue weighted by molar-refractivity contribution is -0.384. The Hall–Kier alpha value is -8.63. The summed E-state index contributed by atoms with van der Waals surface area (Å²) in [4.78, 5) is 18.4. The van der Waals surface area contributed by atoms with Crippen molar-refractivity contribution in [3.05, 3.63) is 119 Å². The summed E-state index contributed by atoms with van der Waals surface area (Å²) in [6.45, 7) is 0. The zero-order valence-corrected chi connectivity index (χ0v) is 37.9. The lowest BCUT2D eigenvalue weighted by Gasteiger charge is -2.13. The normalized spacial score (nSPS) is 12.8. The van der Waals surface area contributed by atoms with Crippen molar-refractivity contribution in [1.29, 1.82) is 0 Å². The van der Waals surface area contributed by atoms with Crippen LogP contribution in [0.2, 0.25) is 0 Å². The number of carboxylic acids is 1. The number of phenols is 2. The van der Waals surface area contributed by atoms with E-state index in [0.717, 1.165) is 54.6 Å². The van der Waals surface area contributed by atoms with Crippen LogP contribution in [-0.4, -0.2) is 78.1 Å². The number of benzene rings is 7. The van der Waals surface area contributed by atoms with E-state index in [4.69, 9.17) is 10.3 Å². The molecule has 71 heavy (non-hydrogen) atoms. The number of nitrogen functional groups attached to an aromatic ring is 1. The molecule has 0 amide bonds. The van der Waals surface area contributed by atoms with Gasteiger partial charge in [-0.05, 0) is 84.9 Å². The summed E-state index contributed by atoms with van der Waals surface area (Å²) >= 11 is 0. The highest BCUT2D eigenvalue weighted by molar-refractivity contribution is 7.87. The van der Waals surface area contributed by atoms with E-state index in [-0.39, 0.29) is 22.0 Å². The number of rotatable bonds is 14. The molecule has 32 heteroatoms. The third kappa shape index (κ3) is 10.7. The fraction of sp³-hybridized carbons (Fsp3) is 0. The summed E-state index contributed by atoms with van der Waals surface area (Å²) in [5.74, 6) is -3.62. The molecule has 0 radical (unpaired) electrons. The molecule has 28 nitrogen and oxygen atoms in total. The van der Waals surface area contributed by atoms with Crippen LogP contribution >= 0.6 is 0 Å². The van der Waals surface area contributed by atoms with Gasteiger partial charge in [-0.2, -0.15) is 49.0 Å². The van der Waals surface area contributed by atoms with Crippen LogP contribution in [0.25, 0.3) is 21.5 Å². The maximum atomic E-state index is 13.0. The Morgan fingerprint density at radius 1 is 0.507 bits per heavy atom.